The van der Waals surface area contributed by atoms with Crippen molar-refractivity contribution in [2.75, 3.05) is 11.9 Å². The lowest BCUT2D eigenvalue weighted by Crippen LogP contribution is -2.34. The summed E-state index contributed by atoms with van der Waals surface area (Å²) in [7, 11) is 0. The quantitative estimate of drug-likeness (QED) is 0.577. The Morgan fingerprint density at radius 2 is 2.00 bits per heavy atom. The molecule has 1 aliphatic heterocycles. The monoisotopic (exact) mass is 444 g/mol. The fourth-order valence-corrected chi connectivity index (χ4v) is 4.65. The summed E-state index contributed by atoms with van der Waals surface area (Å²) in [5.74, 6) is 1.48. The van der Waals surface area contributed by atoms with Crippen LogP contribution in [0.5, 0.6) is 0 Å². The van der Waals surface area contributed by atoms with Crippen molar-refractivity contribution in [1.82, 2.24) is 29.6 Å². The first-order valence-corrected chi connectivity index (χ1v) is 11.6. The molecule has 3 aromatic rings. The Morgan fingerprint density at radius 1 is 1.18 bits per heavy atom. The first-order valence-electron chi connectivity index (χ1n) is 11.6. The molecule has 4 heterocycles. The van der Waals surface area contributed by atoms with Crippen molar-refractivity contribution in [3.05, 3.63) is 58.6 Å². The summed E-state index contributed by atoms with van der Waals surface area (Å²) in [5, 5.41) is 17.1. The molecule has 8 heteroatoms. The summed E-state index contributed by atoms with van der Waals surface area (Å²) in [5.41, 5.74) is 5.91. The van der Waals surface area contributed by atoms with E-state index in [-0.39, 0.29) is 6.04 Å². The third-order valence-electron chi connectivity index (χ3n) is 6.29. The standard InChI is InChI=1S/C25H32N8/c1-16(2)33-18(4)22(17(3)31-33)15-32-11-7-6-8-24(32)23-12-25(29-19(5)28-23)30-21-10-9-20(13-26)27-14-21/h9-10,12,14,16,24H,6-8,11,15H2,1-5H3,(H,28,29,30). The molecule has 1 N–H and O–H groups in total. The van der Waals surface area contributed by atoms with Gasteiger partial charge < -0.3 is 5.32 Å². The summed E-state index contributed by atoms with van der Waals surface area (Å²) in [4.78, 5) is 16.1. The molecule has 0 amide bonds. The molecule has 0 radical (unpaired) electrons. The highest BCUT2D eigenvalue weighted by atomic mass is 15.3. The van der Waals surface area contributed by atoms with E-state index in [9.17, 15) is 0 Å². The molecule has 33 heavy (non-hydrogen) atoms. The molecule has 0 bridgehead atoms. The van der Waals surface area contributed by atoms with Crippen LogP contribution in [-0.4, -0.2) is 36.2 Å². The van der Waals surface area contributed by atoms with Crippen LogP contribution >= 0.6 is 0 Å². The second-order valence-electron chi connectivity index (χ2n) is 9.06. The lowest BCUT2D eigenvalue weighted by Gasteiger charge is -2.35. The summed E-state index contributed by atoms with van der Waals surface area (Å²) >= 11 is 0. The topological polar surface area (TPSA) is 95.5 Å². The Balaban J connectivity index is 1.59. The normalized spacial score (nSPS) is 16.7. The highest BCUT2D eigenvalue weighted by Gasteiger charge is 2.28. The van der Waals surface area contributed by atoms with Crippen LogP contribution in [0.4, 0.5) is 11.5 Å². The van der Waals surface area contributed by atoms with Gasteiger partial charge in [0.05, 0.1) is 29.3 Å². The van der Waals surface area contributed by atoms with Crippen molar-refractivity contribution in [2.45, 2.75) is 72.5 Å². The van der Waals surface area contributed by atoms with Crippen LogP contribution in [0.2, 0.25) is 0 Å². The predicted octanol–water partition coefficient (Wildman–Crippen LogP) is 4.92. The van der Waals surface area contributed by atoms with Crippen LogP contribution in [0.3, 0.4) is 0 Å². The Morgan fingerprint density at radius 3 is 2.67 bits per heavy atom. The van der Waals surface area contributed by atoms with Crippen LogP contribution in [0.15, 0.2) is 24.4 Å². The Bertz CT molecular complexity index is 1160. The smallest absolute Gasteiger partial charge is 0.140 e. The molecule has 0 aliphatic carbocycles. The number of pyridine rings is 1. The van der Waals surface area contributed by atoms with E-state index in [4.69, 9.17) is 15.3 Å². The Kier molecular flexibility index (Phi) is 6.70. The molecule has 0 spiro atoms. The van der Waals surface area contributed by atoms with Crippen LogP contribution in [0.25, 0.3) is 0 Å². The number of hydrogen-bond donors (Lipinski definition) is 1. The average Bonchev–Trinajstić information content (AvgIpc) is 3.08. The van der Waals surface area contributed by atoms with Gasteiger partial charge >= 0.3 is 0 Å². The zero-order valence-corrected chi connectivity index (χ0v) is 20.1. The van der Waals surface area contributed by atoms with Crippen LogP contribution in [0.1, 0.15) is 79.4 Å². The molecular weight excluding hydrogens is 412 g/mol. The second-order valence-corrected chi connectivity index (χ2v) is 9.06. The van der Waals surface area contributed by atoms with E-state index in [0.717, 1.165) is 48.2 Å². The van der Waals surface area contributed by atoms with E-state index in [1.54, 1.807) is 12.3 Å². The minimum absolute atomic E-state index is 0.237. The van der Waals surface area contributed by atoms with Crippen LogP contribution < -0.4 is 5.32 Å². The number of hydrogen-bond acceptors (Lipinski definition) is 7. The number of aromatic nitrogens is 5. The molecule has 4 rings (SSSR count). The largest absolute Gasteiger partial charge is 0.339 e. The molecule has 172 valence electrons. The van der Waals surface area contributed by atoms with E-state index in [2.05, 4.69) is 52.6 Å². The van der Waals surface area contributed by atoms with E-state index in [1.807, 2.05) is 25.1 Å². The first kappa shape index (κ1) is 22.9. The number of aryl methyl sites for hydroxylation is 2. The lowest BCUT2D eigenvalue weighted by molar-refractivity contribution is 0.136. The molecule has 1 atom stereocenters. The maximum atomic E-state index is 8.96. The number of likely N-dealkylation sites (tertiary alicyclic amines) is 1. The number of rotatable bonds is 6. The highest BCUT2D eigenvalue weighted by Crippen LogP contribution is 2.33. The van der Waals surface area contributed by atoms with Crippen molar-refractivity contribution >= 4 is 11.5 Å². The number of nitrogens with zero attached hydrogens (tertiary/aromatic N) is 7. The molecule has 1 saturated heterocycles. The van der Waals surface area contributed by atoms with Gasteiger partial charge in [-0.1, -0.05) is 6.42 Å². The molecule has 0 aromatic carbocycles. The maximum absolute atomic E-state index is 8.96. The molecule has 8 nitrogen and oxygen atoms in total. The van der Waals surface area contributed by atoms with Gasteiger partial charge in [-0.05, 0) is 66.1 Å². The summed E-state index contributed by atoms with van der Waals surface area (Å²) in [6.07, 6.45) is 5.11. The van der Waals surface area contributed by atoms with E-state index < -0.39 is 0 Å². The van der Waals surface area contributed by atoms with Crippen molar-refractivity contribution in [2.24, 2.45) is 0 Å². The third kappa shape index (κ3) is 5.04. The van der Waals surface area contributed by atoms with Gasteiger partial charge in [0.25, 0.3) is 0 Å². The molecule has 1 unspecified atom stereocenters. The minimum Gasteiger partial charge on any atom is -0.339 e. The van der Waals surface area contributed by atoms with Gasteiger partial charge in [0.2, 0.25) is 0 Å². The maximum Gasteiger partial charge on any atom is 0.140 e. The fraction of sp³-hybridized carbons (Fsp3) is 0.480. The predicted molar refractivity (Wildman–Crippen MR) is 128 cm³/mol. The van der Waals surface area contributed by atoms with Gasteiger partial charge in [-0.3, -0.25) is 9.58 Å². The van der Waals surface area contributed by atoms with Gasteiger partial charge in [0, 0.05) is 29.9 Å². The molecular formula is C25H32N8. The first-order chi connectivity index (χ1) is 15.9. The summed E-state index contributed by atoms with van der Waals surface area (Å²) < 4.78 is 2.13. The van der Waals surface area contributed by atoms with Gasteiger partial charge in [0.15, 0.2) is 0 Å². The average molecular weight is 445 g/mol. The lowest BCUT2D eigenvalue weighted by atomic mass is 9.97. The van der Waals surface area contributed by atoms with Gasteiger partial charge in [-0.15, -0.1) is 0 Å². The molecule has 1 aliphatic rings. The minimum atomic E-state index is 0.237. The van der Waals surface area contributed by atoms with Crippen LogP contribution in [0, 0.1) is 32.1 Å². The van der Waals surface area contributed by atoms with Gasteiger partial charge in [-0.2, -0.15) is 10.4 Å². The third-order valence-corrected chi connectivity index (χ3v) is 6.29. The molecule has 0 saturated carbocycles. The SMILES string of the molecule is Cc1nc(Nc2ccc(C#N)nc2)cc(C2CCCCN2Cc2c(C)nn(C(C)C)c2C)n1. The highest BCUT2D eigenvalue weighted by molar-refractivity contribution is 5.55. The van der Waals surface area contributed by atoms with E-state index in [1.165, 1.54) is 24.1 Å². The van der Waals surface area contributed by atoms with Crippen molar-refractivity contribution < 1.29 is 0 Å². The number of nitrogens with one attached hydrogen (secondary N) is 1. The van der Waals surface area contributed by atoms with Gasteiger partial charge in [0.1, 0.15) is 23.4 Å². The fourth-order valence-electron chi connectivity index (χ4n) is 4.65. The Hall–Kier alpha value is -3.31. The number of piperidine rings is 1. The van der Waals surface area contributed by atoms with Crippen LogP contribution in [-0.2, 0) is 6.54 Å². The second kappa shape index (κ2) is 9.67. The number of nitriles is 1. The summed E-state index contributed by atoms with van der Waals surface area (Å²) in [6.45, 7) is 12.5. The van der Waals surface area contributed by atoms with E-state index in [0.29, 0.717) is 11.7 Å². The number of anilines is 2. The Labute approximate surface area is 195 Å². The molecule has 3 aromatic heterocycles. The van der Waals surface area contributed by atoms with Crippen molar-refractivity contribution in [3.63, 3.8) is 0 Å². The summed E-state index contributed by atoms with van der Waals surface area (Å²) in [6, 6.07) is 8.22. The zero-order valence-electron chi connectivity index (χ0n) is 20.1. The van der Waals surface area contributed by atoms with Gasteiger partial charge in [-0.25, -0.2) is 15.0 Å². The van der Waals surface area contributed by atoms with Crippen molar-refractivity contribution in [3.8, 4) is 6.07 Å². The van der Waals surface area contributed by atoms with E-state index >= 15 is 0 Å². The molecule has 1 fully saturated rings. The van der Waals surface area contributed by atoms with Crippen molar-refractivity contribution in [1.29, 1.82) is 5.26 Å². The zero-order chi connectivity index (χ0) is 23.5.